The van der Waals surface area contributed by atoms with Gasteiger partial charge in [-0.25, -0.2) is 10.3 Å². The second-order valence-electron chi connectivity index (χ2n) is 13.6. The maximum absolute atomic E-state index is 14.3. The standard InChI is InChI=1S/C38H42N2O4SSi/c1-37(2,3)46(27-16-8-6-9-17-27,28-18-10-7-11-19-28)44-39-35(41)34-38(4,5)45-25-24-40(34)36(42)43-26-33-31-22-14-12-20-29(31)30-21-13-15-23-32(30)33/h6-23,33-34H,24-26H2,1-5H3,(H,39,41)/t34-/m0/s1. The van der Waals surface area contributed by atoms with Gasteiger partial charge in [-0.2, -0.15) is 11.8 Å². The molecule has 1 aliphatic carbocycles. The van der Waals surface area contributed by atoms with Gasteiger partial charge in [0.25, 0.3) is 14.2 Å². The van der Waals surface area contributed by atoms with E-state index >= 15 is 0 Å². The number of ether oxygens (including phenoxy) is 1. The number of amides is 2. The molecule has 0 aromatic heterocycles. The lowest BCUT2D eigenvalue weighted by molar-refractivity contribution is -0.134. The Kier molecular flexibility index (Phi) is 8.89. The molecule has 1 atom stereocenters. The van der Waals surface area contributed by atoms with Crippen LogP contribution < -0.4 is 15.9 Å². The molecular weight excluding hydrogens is 609 g/mol. The summed E-state index contributed by atoms with van der Waals surface area (Å²) in [6.45, 7) is 11.1. The fraction of sp³-hybridized carbons (Fsp3) is 0.316. The minimum absolute atomic E-state index is 0.0608. The number of hydrogen-bond acceptors (Lipinski definition) is 5. The van der Waals surface area contributed by atoms with Crippen LogP contribution in [0.4, 0.5) is 4.79 Å². The molecule has 2 amide bonds. The van der Waals surface area contributed by atoms with Crippen molar-refractivity contribution in [2.75, 3.05) is 18.9 Å². The van der Waals surface area contributed by atoms with Gasteiger partial charge >= 0.3 is 6.09 Å². The normalized spacial score (nSPS) is 17.6. The minimum atomic E-state index is -3.05. The van der Waals surface area contributed by atoms with Crippen molar-refractivity contribution in [3.05, 3.63) is 120 Å². The lowest BCUT2D eigenvalue weighted by Crippen LogP contribution is -2.70. The molecule has 0 spiro atoms. The third-order valence-electron chi connectivity index (χ3n) is 9.32. The van der Waals surface area contributed by atoms with Gasteiger partial charge in [-0.15, -0.1) is 0 Å². The first kappa shape index (κ1) is 32.1. The number of carbonyl (C=O) groups excluding carboxylic acids is 2. The van der Waals surface area contributed by atoms with E-state index in [-0.39, 0.29) is 23.5 Å². The van der Waals surface area contributed by atoms with Crippen molar-refractivity contribution in [3.8, 4) is 11.1 Å². The molecule has 1 saturated heterocycles. The van der Waals surface area contributed by atoms with Crippen molar-refractivity contribution >= 4 is 42.5 Å². The molecule has 46 heavy (non-hydrogen) atoms. The number of nitrogens with zero attached hydrogens (tertiary/aromatic N) is 1. The highest BCUT2D eigenvalue weighted by Gasteiger charge is 2.53. The quantitative estimate of drug-likeness (QED) is 0.177. The molecule has 0 bridgehead atoms. The molecule has 1 fully saturated rings. The van der Waals surface area contributed by atoms with Crippen LogP contribution in [0.3, 0.4) is 0 Å². The summed E-state index contributed by atoms with van der Waals surface area (Å²) in [7, 11) is -3.05. The third kappa shape index (κ3) is 5.78. The van der Waals surface area contributed by atoms with Crippen LogP contribution in [0.1, 0.15) is 51.7 Å². The molecule has 0 radical (unpaired) electrons. The van der Waals surface area contributed by atoms with Crippen LogP contribution in [0.25, 0.3) is 11.1 Å². The van der Waals surface area contributed by atoms with E-state index in [0.29, 0.717) is 12.3 Å². The van der Waals surface area contributed by atoms with E-state index in [9.17, 15) is 9.59 Å². The summed E-state index contributed by atoms with van der Waals surface area (Å²) >= 11 is 1.68. The van der Waals surface area contributed by atoms with E-state index in [4.69, 9.17) is 9.26 Å². The zero-order valence-corrected chi connectivity index (χ0v) is 29.0. The van der Waals surface area contributed by atoms with Gasteiger partial charge in [0, 0.05) is 23.0 Å². The number of rotatable bonds is 7. The topological polar surface area (TPSA) is 67.9 Å². The van der Waals surface area contributed by atoms with Crippen molar-refractivity contribution in [1.82, 2.24) is 10.4 Å². The number of thioether (sulfide) groups is 1. The molecule has 8 heteroatoms. The molecule has 1 aliphatic heterocycles. The summed E-state index contributed by atoms with van der Waals surface area (Å²) in [5.74, 6) is 0.296. The van der Waals surface area contributed by atoms with Crippen LogP contribution in [0.15, 0.2) is 109 Å². The van der Waals surface area contributed by atoms with Gasteiger partial charge in [0.1, 0.15) is 12.6 Å². The van der Waals surface area contributed by atoms with Gasteiger partial charge in [-0.05, 0) is 51.5 Å². The zero-order chi connectivity index (χ0) is 32.5. The molecular formula is C38H42N2O4SSi. The first-order valence-electron chi connectivity index (χ1n) is 15.9. The van der Waals surface area contributed by atoms with Crippen LogP contribution in [0.5, 0.6) is 0 Å². The summed E-state index contributed by atoms with van der Waals surface area (Å²) in [5.41, 5.74) is 7.57. The molecule has 0 saturated carbocycles. The molecule has 1 heterocycles. The predicted octanol–water partition coefficient (Wildman–Crippen LogP) is 6.74. The van der Waals surface area contributed by atoms with Crippen molar-refractivity contribution < 1.29 is 18.9 Å². The van der Waals surface area contributed by atoms with E-state index in [1.165, 1.54) is 11.1 Å². The van der Waals surface area contributed by atoms with Gasteiger partial charge in [0.05, 0.1) is 0 Å². The monoisotopic (exact) mass is 650 g/mol. The lowest BCUT2D eigenvalue weighted by atomic mass is 9.98. The first-order valence-corrected chi connectivity index (χ1v) is 18.8. The van der Waals surface area contributed by atoms with Gasteiger partial charge in [-0.1, -0.05) is 130 Å². The molecule has 4 aromatic carbocycles. The van der Waals surface area contributed by atoms with Crippen molar-refractivity contribution in [2.24, 2.45) is 0 Å². The Morgan fingerprint density at radius 3 is 1.85 bits per heavy atom. The molecule has 6 nitrogen and oxygen atoms in total. The summed E-state index contributed by atoms with van der Waals surface area (Å²) in [4.78, 5) is 29.7. The number of fused-ring (bicyclic) bond motifs is 3. The van der Waals surface area contributed by atoms with E-state index in [0.717, 1.165) is 21.5 Å². The SMILES string of the molecule is CC1(C)SCCN(C(=O)OCC2c3ccccc3-c3ccccc32)[C@H]1C(=O)NO[Si](c1ccccc1)(c1ccccc1)C(C)(C)C. The van der Waals surface area contributed by atoms with E-state index < -0.39 is 25.2 Å². The predicted molar refractivity (Wildman–Crippen MR) is 189 cm³/mol. The number of hydroxylamine groups is 1. The average molecular weight is 651 g/mol. The van der Waals surface area contributed by atoms with Crippen LogP contribution >= 0.6 is 11.8 Å². The lowest BCUT2D eigenvalue weighted by Gasteiger charge is -2.45. The Balaban J connectivity index is 1.25. The van der Waals surface area contributed by atoms with E-state index in [1.807, 2.05) is 74.5 Å². The van der Waals surface area contributed by atoms with Crippen LogP contribution in [-0.2, 0) is 14.1 Å². The number of benzene rings is 4. The smallest absolute Gasteiger partial charge is 0.410 e. The van der Waals surface area contributed by atoms with Gasteiger partial charge in [0.15, 0.2) is 0 Å². The summed E-state index contributed by atoms with van der Waals surface area (Å²) < 4.78 is 12.3. The average Bonchev–Trinajstić information content (AvgIpc) is 3.37. The highest BCUT2D eigenvalue weighted by Crippen LogP contribution is 2.45. The highest BCUT2D eigenvalue weighted by atomic mass is 32.2. The molecule has 1 N–H and O–H groups in total. The summed E-state index contributed by atoms with van der Waals surface area (Å²) in [6.07, 6.45) is -0.485. The summed E-state index contributed by atoms with van der Waals surface area (Å²) in [5, 5.41) is 1.78. The Labute approximate surface area is 277 Å². The van der Waals surface area contributed by atoms with Gasteiger partial charge in [0.2, 0.25) is 0 Å². The van der Waals surface area contributed by atoms with Gasteiger partial charge < -0.3 is 9.26 Å². The van der Waals surface area contributed by atoms with Crippen LogP contribution in [0, 0.1) is 0 Å². The van der Waals surface area contributed by atoms with Crippen molar-refractivity contribution in [2.45, 2.75) is 56.4 Å². The number of nitrogens with one attached hydrogen (secondary N) is 1. The Hall–Kier alpha value is -3.85. The van der Waals surface area contributed by atoms with E-state index in [1.54, 1.807) is 16.7 Å². The Morgan fingerprint density at radius 2 is 1.33 bits per heavy atom. The molecule has 2 aliphatic rings. The molecule has 0 unspecified atom stereocenters. The largest absolute Gasteiger partial charge is 0.448 e. The zero-order valence-electron chi connectivity index (χ0n) is 27.2. The van der Waals surface area contributed by atoms with Crippen molar-refractivity contribution in [1.29, 1.82) is 0 Å². The third-order valence-corrected chi connectivity index (χ3v) is 15.5. The molecule has 4 aromatic rings. The fourth-order valence-corrected chi connectivity index (χ4v) is 12.5. The van der Waals surface area contributed by atoms with Crippen molar-refractivity contribution in [3.63, 3.8) is 0 Å². The fourth-order valence-electron chi connectivity index (χ4n) is 7.15. The highest BCUT2D eigenvalue weighted by molar-refractivity contribution is 8.00. The molecule has 238 valence electrons. The van der Waals surface area contributed by atoms with Crippen LogP contribution in [-0.4, -0.2) is 54.9 Å². The Bertz CT molecular complexity index is 1620. The minimum Gasteiger partial charge on any atom is -0.448 e. The summed E-state index contributed by atoms with van der Waals surface area (Å²) in [6, 6.07) is 36.1. The number of carbonyl (C=O) groups is 2. The van der Waals surface area contributed by atoms with Crippen LogP contribution in [0.2, 0.25) is 5.04 Å². The second kappa shape index (κ2) is 12.7. The maximum Gasteiger partial charge on any atom is 0.410 e. The van der Waals surface area contributed by atoms with Gasteiger partial charge in [-0.3, -0.25) is 9.69 Å². The molecule has 6 rings (SSSR count). The maximum atomic E-state index is 14.3. The van der Waals surface area contributed by atoms with E-state index in [2.05, 4.69) is 74.8 Å². The Morgan fingerprint density at radius 1 is 0.826 bits per heavy atom. The first-order chi connectivity index (χ1) is 22.0. The second-order valence-corrected chi connectivity index (χ2v) is 19.6. The number of hydrogen-bond donors (Lipinski definition) is 1.